The molecule has 0 spiro atoms. The van der Waals surface area contributed by atoms with Crippen molar-refractivity contribution in [1.82, 2.24) is 15.1 Å². The smallest absolute Gasteiger partial charge is 0.320 e. The second-order valence-electron chi connectivity index (χ2n) is 9.93. The molecule has 2 atom stereocenters. The van der Waals surface area contributed by atoms with Crippen molar-refractivity contribution >= 4 is 23.5 Å². The summed E-state index contributed by atoms with van der Waals surface area (Å²) < 4.78 is 5.28. The molecular formula is C26H40N4O4. The quantitative estimate of drug-likeness (QED) is 0.601. The number of benzene rings is 1. The highest BCUT2D eigenvalue weighted by Crippen LogP contribution is 2.29. The number of rotatable bonds is 8. The number of carbonyl (C=O) groups excluding carboxylic acids is 3. The van der Waals surface area contributed by atoms with Gasteiger partial charge >= 0.3 is 6.03 Å². The minimum absolute atomic E-state index is 0.0380. The molecule has 188 valence electrons. The summed E-state index contributed by atoms with van der Waals surface area (Å²) in [4.78, 5) is 42.5. The highest BCUT2D eigenvalue weighted by atomic mass is 16.5. The van der Waals surface area contributed by atoms with Crippen LogP contribution in [0.4, 0.5) is 10.5 Å². The minimum Gasteiger partial charge on any atom is -0.495 e. The highest BCUT2D eigenvalue weighted by molar-refractivity contribution is 5.95. The molecule has 4 amide bonds. The fourth-order valence-corrected chi connectivity index (χ4v) is 5.06. The molecule has 8 nitrogen and oxygen atoms in total. The maximum absolute atomic E-state index is 13.3. The van der Waals surface area contributed by atoms with Gasteiger partial charge in [-0.05, 0) is 37.3 Å². The number of nitrogens with zero attached hydrogens (tertiary/aromatic N) is 2. The van der Waals surface area contributed by atoms with Crippen molar-refractivity contribution < 1.29 is 19.1 Å². The molecule has 8 heteroatoms. The van der Waals surface area contributed by atoms with Crippen LogP contribution in [-0.4, -0.2) is 66.5 Å². The Kier molecular flexibility index (Phi) is 9.19. The summed E-state index contributed by atoms with van der Waals surface area (Å²) in [5.74, 6) is 1.24. The van der Waals surface area contributed by atoms with Gasteiger partial charge in [-0.1, -0.05) is 51.7 Å². The monoisotopic (exact) mass is 472 g/mol. The second-order valence-corrected chi connectivity index (χ2v) is 9.93. The van der Waals surface area contributed by atoms with Crippen LogP contribution in [0.3, 0.4) is 0 Å². The molecule has 34 heavy (non-hydrogen) atoms. The number of ether oxygens (including phenoxy) is 1. The number of hydrogen-bond donors (Lipinski definition) is 2. The Bertz CT molecular complexity index is 853. The lowest BCUT2D eigenvalue weighted by atomic mass is 10.00. The van der Waals surface area contributed by atoms with Gasteiger partial charge in [0.15, 0.2) is 0 Å². The molecule has 3 rings (SSSR count). The number of para-hydroxylation sites is 2. The molecule has 2 N–H and O–H groups in total. The second kappa shape index (κ2) is 12.1. The number of urea groups is 1. The molecular weight excluding hydrogens is 432 g/mol. The summed E-state index contributed by atoms with van der Waals surface area (Å²) in [6.45, 7) is 7.33. The third kappa shape index (κ3) is 6.64. The van der Waals surface area contributed by atoms with Gasteiger partial charge in [-0.3, -0.25) is 9.59 Å². The van der Waals surface area contributed by atoms with Gasteiger partial charge in [0.1, 0.15) is 11.8 Å². The van der Waals surface area contributed by atoms with Crippen molar-refractivity contribution in [2.75, 3.05) is 32.1 Å². The Hall–Kier alpha value is -2.77. The molecule has 1 aromatic rings. The van der Waals surface area contributed by atoms with E-state index < -0.39 is 12.1 Å². The topological polar surface area (TPSA) is 91.0 Å². The van der Waals surface area contributed by atoms with E-state index in [4.69, 9.17) is 4.74 Å². The average molecular weight is 473 g/mol. The van der Waals surface area contributed by atoms with Gasteiger partial charge in [-0.25, -0.2) is 4.79 Å². The molecule has 1 aliphatic carbocycles. The van der Waals surface area contributed by atoms with Crippen LogP contribution in [0.1, 0.15) is 59.3 Å². The van der Waals surface area contributed by atoms with E-state index in [9.17, 15) is 14.4 Å². The van der Waals surface area contributed by atoms with Crippen molar-refractivity contribution in [1.29, 1.82) is 0 Å². The van der Waals surface area contributed by atoms with E-state index in [2.05, 4.69) is 10.6 Å². The van der Waals surface area contributed by atoms with Crippen LogP contribution >= 0.6 is 0 Å². The predicted molar refractivity (Wildman–Crippen MR) is 133 cm³/mol. The van der Waals surface area contributed by atoms with E-state index in [0.29, 0.717) is 43.4 Å². The Morgan fingerprint density at radius 2 is 1.82 bits per heavy atom. The number of nitrogens with one attached hydrogen (secondary N) is 2. The highest BCUT2D eigenvalue weighted by Gasteiger charge is 2.34. The molecule has 1 saturated heterocycles. The standard InChI is InChI=1S/C26H40N4O4/c1-18(2)24(28-26(33)27-21-11-7-8-12-22(21)34-4)25(32)29-15-16-30(19(3)17-29)23(31)14-13-20-9-5-6-10-20/h7-8,11-12,18-20,24H,5-6,9-10,13-17H2,1-4H3,(H2,27,28,33). The molecule has 1 saturated carbocycles. The first kappa shape index (κ1) is 25.8. The lowest BCUT2D eigenvalue weighted by Gasteiger charge is -2.41. The zero-order chi connectivity index (χ0) is 24.7. The maximum atomic E-state index is 13.3. The van der Waals surface area contributed by atoms with Crippen LogP contribution in [0.15, 0.2) is 24.3 Å². The van der Waals surface area contributed by atoms with Gasteiger partial charge in [0, 0.05) is 32.1 Å². The number of carbonyl (C=O) groups is 3. The first-order valence-electron chi connectivity index (χ1n) is 12.6. The molecule has 2 unspecified atom stereocenters. The van der Waals surface area contributed by atoms with Gasteiger partial charge in [-0.2, -0.15) is 0 Å². The van der Waals surface area contributed by atoms with Crippen molar-refractivity contribution in [2.45, 2.75) is 71.4 Å². The van der Waals surface area contributed by atoms with Gasteiger partial charge in [0.2, 0.25) is 11.8 Å². The largest absolute Gasteiger partial charge is 0.495 e. The number of amides is 4. The van der Waals surface area contributed by atoms with E-state index in [0.717, 1.165) is 6.42 Å². The zero-order valence-electron chi connectivity index (χ0n) is 21.0. The maximum Gasteiger partial charge on any atom is 0.320 e. The molecule has 1 heterocycles. The molecule has 0 bridgehead atoms. The molecule has 1 aromatic carbocycles. The lowest BCUT2D eigenvalue weighted by Crippen LogP contribution is -2.60. The first-order valence-corrected chi connectivity index (χ1v) is 12.6. The molecule has 0 radical (unpaired) electrons. The number of piperazine rings is 1. The van der Waals surface area contributed by atoms with Crippen LogP contribution in [0, 0.1) is 11.8 Å². The summed E-state index contributed by atoms with van der Waals surface area (Å²) >= 11 is 0. The molecule has 0 aromatic heterocycles. The lowest BCUT2D eigenvalue weighted by molar-refractivity contribution is -0.144. The Labute approximate surface area is 203 Å². The van der Waals surface area contributed by atoms with Gasteiger partial charge in [0.25, 0.3) is 0 Å². The Morgan fingerprint density at radius 1 is 1.12 bits per heavy atom. The Balaban J connectivity index is 1.54. The SMILES string of the molecule is COc1ccccc1NC(=O)NC(C(=O)N1CCN(C(=O)CCC2CCCC2)C(C)C1)C(C)C. The van der Waals surface area contributed by atoms with E-state index in [1.807, 2.05) is 31.7 Å². The number of hydrogen-bond acceptors (Lipinski definition) is 4. The van der Waals surface area contributed by atoms with Crippen molar-refractivity contribution in [3.05, 3.63) is 24.3 Å². The normalized spacial score (nSPS) is 19.7. The summed E-state index contributed by atoms with van der Waals surface area (Å²) in [7, 11) is 1.54. The number of methoxy groups -OCH3 is 1. The predicted octanol–water partition coefficient (Wildman–Crippen LogP) is 3.87. The van der Waals surface area contributed by atoms with E-state index in [-0.39, 0.29) is 23.8 Å². The summed E-state index contributed by atoms with van der Waals surface area (Å²) in [5.41, 5.74) is 0.538. The zero-order valence-corrected chi connectivity index (χ0v) is 21.0. The number of anilines is 1. The average Bonchev–Trinajstić information content (AvgIpc) is 3.34. The minimum atomic E-state index is -0.661. The fraction of sp³-hybridized carbons (Fsp3) is 0.654. The summed E-state index contributed by atoms with van der Waals surface area (Å²) in [5, 5.41) is 5.61. The Morgan fingerprint density at radius 3 is 2.47 bits per heavy atom. The van der Waals surface area contributed by atoms with Crippen LogP contribution in [0.5, 0.6) is 5.75 Å². The third-order valence-electron chi connectivity index (χ3n) is 7.08. The molecule has 2 fully saturated rings. The van der Waals surface area contributed by atoms with Crippen LogP contribution in [0.25, 0.3) is 0 Å². The summed E-state index contributed by atoms with van der Waals surface area (Å²) in [6.07, 6.45) is 6.66. The van der Waals surface area contributed by atoms with Crippen molar-refractivity contribution in [3.8, 4) is 5.75 Å². The van der Waals surface area contributed by atoms with E-state index in [1.54, 1.807) is 30.2 Å². The van der Waals surface area contributed by atoms with Crippen LogP contribution in [0.2, 0.25) is 0 Å². The van der Waals surface area contributed by atoms with Gasteiger partial charge < -0.3 is 25.2 Å². The molecule has 2 aliphatic rings. The van der Waals surface area contributed by atoms with Gasteiger partial charge in [-0.15, -0.1) is 0 Å². The van der Waals surface area contributed by atoms with Crippen LogP contribution in [-0.2, 0) is 9.59 Å². The van der Waals surface area contributed by atoms with Crippen LogP contribution < -0.4 is 15.4 Å². The molecule has 1 aliphatic heterocycles. The third-order valence-corrected chi connectivity index (χ3v) is 7.08. The van der Waals surface area contributed by atoms with Crippen molar-refractivity contribution in [3.63, 3.8) is 0 Å². The first-order chi connectivity index (χ1) is 16.3. The fourth-order valence-electron chi connectivity index (χ4n) is 5.06. The van der Waals surface area contributed by atoms with E-state index >= 15 is 0 Å². The van der Waals surface area contributed by atoms with Gasteiger partial charge in [0.05, 0.1) is 12.8 Å². The summed E-state index contributed by atoms with van der Waals surface area (Å²) in [6, 6.07) is 5.98. The van der Waals surface area contributed by atoms with E-state index in [1.165, 1.54) is 25.7 Å². The van der Waals surface area contributed by atoms with Crippen molar-refractivity contribution in [2.24, 2.45) is 11.8 Å².